The molecule has 0 saturated heterocycles. The number of hydrogen-bond donors (Lipinski definition) is 3. The summed E-state index contributed by atoms with van der Waals surface area (Å²) in [5.41, 5.74) is 1.00. The predicted molar refractivity (Wildman–Crippen MR) is 95.8 cm³/mol. The number of benzene rings is 1. The maximum Gasteiger partial charge on any atom is 0.203 e. The van der Waals surface area contributed by atoms with Crippen molar-refractivity contribution in [3.05, 3.63) is 17.7 Å². The highest BCUT2D eigenvalue weighted by atomic mass is 32.1. The molecule has 0 bridgehead atoms. The van der Waals surface area contributed by atoms with Crippen molar-refractivity contribution in [1.82, 2.24) is 10.6 Å². The van der Waals surface area contributed by atoms with Gasteiger partial charge in [0, 0.05) is 19.5 Å². The number of methoxy groups -OCH3 is 3. The molecule has 0 aliphatic rings. The van der Waals surface area contributed by atoms with E-state index in [1.165, 1.54) is 4.90 Å². The first-order valence-electron chi connectivity index (χ1n) is 7.61. The maximum atomic E-state index is 5.34. The van der Waals surface area contributed by atoms with Crippen LogP contribution in [0.25, 0.3) is 0 Å². The van der Waals surface area contributed by atoms with Gasteiger partial charge in [-0.1, -0.05) is 0 Å². The molecule has 0 atom stereocenters. The van der Waals surface area contributed by atoms with Crippen LogP contribution < -0.4 is 29.7 Å². The van der Waals surface area contributed by atoms with Crippen molar-refractivity contribution in [1.29, 1.82) is 0 Å². The molecule has 0 unspecified atom stereocenters. The minimum absolute atomic E-state index is 0.585. The summed E-state index contributed by atoms with van der Waals surface area (Å²) < 4.78 is 16.0. The van der Waals surface area contributed by atoms with Gasteiger partial charge < -0.3 is 29.7 Å². The van der Waals surface area contributed by atoms with Gasteiger partial charge in [0.25, 0.3) is 0 Å². The van der Waals surface area contributed by atoms with Crippen LogP contribution in [0.3, 0.4) is 0 Å². The van der Waals surface area contributed by atoms with Gasteiger partial charge in [-0.2, -0.15) is 0 Å². The molecule has 0 aliphatic carbocycles. The molecule has 0 heterocycles. The molecular formula is C16H28N3O3S+. The number of nitrogens with one attached hydrogen (secondary N) is 3. The number of rotatable bonds is 9. The minimum Gasteiger partial charge on any atom is -0.493 e. The lowest BCUT2D eigenvalue weighted by Gasteiger charge is -2.15. The zero-order valence-electron chi connectivity index (χ0n) is 14.6. The van der Waals surface area contributed by atoms with Crippen molar-refractivity contribution >= 4 is 17.3 Å². The molecule has 23 heavy (non-hydrogen) atoms. The predicted octanol–water partition coefficient (Wildman–Crippen LogP) is 0.211. The molecule has 0 aliphatic heterocycles. The first-order valence-corrected chi connectivity index (χ1v) is 8.02. The van der Waals surface area contributed by atoms with Gasteiger partial charge in [-0.05, 0) is 29.9 Å². The molecule has 3 N–H and O–H groups in total. The first kappa shape index (κ1) is 19.3. The van der Waals surface area contributed by atoms with Gasteiger partial charge in [-0.15, -0.1) is 0 Å². The van der Waals surface area contributed by atoms with Crippen molar-refractivity contribution in [2.45, 2.75) is 13.0 Å². The molecule has 0 radical (unpaired) electrons. The van der Waals surface area contributed by atoms with Crippen LogP contribution in [0, 0.1) is 0 Å². The minimum atomic E-state index is 0.585. The standard InChI is InChI=1S/C16H27N3O3S/c1-19(2)8-6-7-17-16(23)18-11-12-9-13(20-3)15(22-5)14(10-12)21-4/h9-10H,6-8,11H2,1-5H3,(H2,17,18,23)/p+1. The second-order valence-corrected chi connectivity index (χ2v) is 5.86. The lowest BCUT2D eigenvalue weighted by atomic mass is 10.2. The van der Waals surface area contributed by atoms with Crippen LogP contribution in [-0.2, 0) is 6.54 Å². The van der Waals surface area contributed by atoms with E-state index in [0.717, 1.165) is 25.1 Å². The molecule has 0 saturated carbocycles. The molecule has 6 nitrogen and oxygen atoms in total. The summed E-state index contributed by atoms with van der Waals surface area (Å²) in [6.07, 6.45) is 1.08. The third kappa shape index (κ3) is 6.50. The zero-order chi connectivity index (χ0) is 17.2. The summed E-state index contributed by atoms with van der Waals surface area (Å²) in [5, 5.41) is 7.04. The van der Waals surface area contributed by atoms with Gasteiger partial charge in [0.1, 0.15) is 0 Å². The fourth-order valence-electron chi connectivity index (χ4n) is 2.13. The van der Waals surface area contributed by atoms with Gasteiger partial charge in [-0.3, -0.25) is 0 Å². The molecule has 130 valence electrons. The monoisotopic (exact) mass is 342 g/mol. The molecule has 0 aromatic heterocycles. The maximum absolute atomic E-state index is 5.34. The van der Waals surface area contributed by atoms with Crippen LogP contribution in [0.2, 0.25) is 0 Å². The smallest absolute Gasteiger partial charge is 0.203 e. The lowest BCUT2D eigenvalue weighted by Crippen LogP contribution is -3.05. The lowest BCUT2D eigenvalue weighted by molar-refractivity contribution is -0.858. The first-order chi connectivity index (χ1) is 11.0. The summed E-state index contributed by atoms with van der Waals surface area (Å²) in [5.74, 6) is 1.86. The molecule has 0 amide bonds. The summed E-state index contributed by atoms with van der Waals surface area (Å²) in [6, 6.07) is 3.82. The number of hydrogen-bond acceptors (Lipinski definition) is 4. The summed E-state index contributed by atoms with van der Waals surface area (Å²) in [7, 11) is 9.08. The Bertz CT molecular complexity index is 484. The fraction of sp³-hybridized carbons (Fsp3) is 0.562. The number of ether oxygens (including phenoxy) is 3. The van der Waals surface area contributed by atoms with E-state index in [1.54, 1.807) is 21.3 Å². The average Bonchev–Trinajstić information content (AvgIpc) is 2.55. The van der Waals surface area contributed by atoms with E-state index >= 15 is 0 Å². The molecular weight excluding hydrogens is 314 g/mol. The van der Waals surface area contributed by atoms with Crippen molar-refractivity contribution in [2.24, 2.45) is 0 Å². The Hall–Kier alpha value is -1.73. The largest absolute Gasteiger partial charge is 0.493 e. The number of thiocarbonyl (C=S) groups is 1. The van der Waals surface area contributed by atoms with Crippen LogP contribution in [0.4, 0.5) is 0 Å². The highest BCUT2D eigenvalue weighted by molar-refractivity contribution is 7.80. The number of quaternary nitrogens is 1. The molecule has 7 heteroatoms. The summed E-state index contributed by atoms with van der Waals surface area (Å²) in [4.78, 5) is 1.43. The fourth-order valence-corrected chi connectivity index (χ4v) is 2.30. The Morgan fingerprint density at radius 2 is 1.65 bits per heavy atom. The molecule has 0 fully saturated rings. The van der Waals surface area contributed by atoms with Crippen LogP contribution in [-0.4, -0.2) is 53.6 Å². The van der Waals surface area contributed by atoms with E-state index < -0.39 is 0 Å². The van der Waals surface area contributed by atoms with E-state index in [2.05, 4.69) is 24.7 Å². The Morgan fingerprint density at radius 1 is 1.04 bits per heavy atom. The van der Waals surface area contributed by atoms with Crippen LogP contribution in [0.15, 0.2) is 12.1 Å². The zero-order valence-corrected chi connectivity index (χ0v) is 15.4. The molecule has 1 aromatic rings. The van der Waals surface area contributed by atoms with Gasteiger partial charge in [0.2, 0.25) is 5.75 Å². The van der Waals surface area contributed by atoms with Crippen LogP contribution in [0.1, 0.15) is 12.0 Å². The van der Waals surface area contributed by atoms with E-state index in [4.69, 9.17) is 26.4 Å². The van der Waals surface area contributed by atoms with Crippen molar-refractivity contribution in [2.75, 3.05) is 48.5 Å². The van der Waals surface area contributed by atoms with E-state index in [-0.39, 0.29) is 0 Å². The highest BCUT2D eigenvalue weighted by Crippen LogP contribution is 2.38. The Labute approximate surface area is 144 Å². The second-order valence-electron chi connectivity index (χ2n) is 5.45. The summed E-state index contributed by atoms with van der Waals surface area (Å²) in [6.45, 7) is 2.57. The van der Waals surface area contributed by atoms with Gasteiger partial charge in [-0.25, -0.2) is 0 Å². The quantitative estimate of drug-likeness (QED) is 0.441. The Balaban J connectivity index is 2.55. The van der Waals surface area contributed by atoms with Gasteiger partial charge >= 0.3 is 0 Å². The van der Waals surface area contributed by atoms with E-state index in [9.17, 15) is 0 Å². The van der Waals surface area contributed by atoms with Crippen LogP contribution >= 0.6 is 12.2 Å². The molecule has 1 aromatic carbocycles. The average molecular weight is 342 g/mol. The van der Waals surface area contributed by atoms with E-state index in [0.29, 0.717) is 28.9 Å². The SMILES string of the molecule is COc1cc(CNC(=S)NCCC[NH+](C)C)cc(OC)c1OC. The van der Waals surface area contributed by atoms with Crippen molar-refractivity contribution < 1.29 is 19.1 Å². The van der Waals surface area contributed by atoms with E-state index in [1.807, 2.05) is 12.1 Å². The van der Waals surface area contributed by atoms with Crippen molar-refractivity contribution in [3.8, 4) is 17.2 Å². The normalized spacial score (nSPS) is 10.3. The molecule has 0 spiro atoms. The third-order valence-corrected chi connectivity index (χ3v) is 3.61. The highest BCUT2D eigenvalue weighted by Gasteiger charge is 2.13. The second kappa shape index (κ2) is 10.1. The Kier molecular flexibility index (Phi) is 8.50. The Morgan fingerprint density at radius 3 is 2.13 bits per heavy atom. The third-order valence-electron chi connectivity index (χ3n) is 3.32. The van der Waals surface area contributed by atoms with Gasteiger partial charge in [0.05, 0.1) is 42.0 Å². The molecule has 1 rings (SSSR count). The van der Waals surface area contributed by atoms with Gasteiger partial charge in [0.15, 0.2) is 16.6 Å². The summed E-state index contributed by atoms with van der Waals surface area (Å²) >= 11 is 5.29. The topological polar surface area (TPSA) is 56.2 Å². The van der Waals surface area contributed by atoms with Crippen LogP contribution in [0.5, 0.6) is 17.2 Å². The van der Waals surface area contributed by atoms with Crippen molar-refractivity contribution in [3.63, 3.8) is 0 Å².